The van der Waals surface area contributed by atoms with Gasteiger partial charge in [-0.25, -0.2) is 9.48 Å². The average molecular weight is 434 g/mol. The van der Waals surface area contributed by atoms with Crippen LogP contribution < -0.4 is 5.32 Å². The number of rotatable bonds is 7. The van der Waals surface area contributed by atoms with E-state index in [2.05, 4.69) is 15.6 Å². The number of carbonyl (C=O) groups is 2. The van der Waals surface area contributed by atoms with E-state index in [0.717, 1.165) is 37.2 Å². The van der Waals surface area contributed by atoms with E-state index < -0.39 is 5.97 Å². The number of hydrogen-bond acceptors (Lipinski definition) is 5. The molecule has 1 aromatic heterocycles. The number of aromatic carboxylic acids is 1. The van der Waals surface area contributed by atoms with Gasteiger partial charge in [0.15, 0.2) is 5.69 Å². The van der Waals surface area contributed by atoms with Crippen LogP contribution in [0.15, 0.2) is 54.6 Å². The quantitative estimate of drug-likeness (QED) is 0.589. The summed E-state index contributed by atoms with van der Waals surface area (Å²) >= 11 is 0. The van der Waals surface area contributed by atoms with Crippen LogP contribution in [0.3, 0.4) is 0 Å². The molecule has 8 heteroatoms. The molecule has 0 spiro atoms. The molecule has 166 valence electrons. The fraction of sp³-hybridized carbons (Fsp3) is 0.333. The molecule has 2 N–H and O–H groups in total. The zero-order valence-electron chi connectivity index (χ0n) is 17.9. The molecule has 0 radical (unpaired) electrons. The van der Waals surface area contributed by atoms with Gasteiger partial charge in [0.05, 0.1) is 11.6 Å². The van der Waals surface area contributed by atoms with Gasteiger partial charge >= 0.3 is 5.97 Å². The van der Waals surface area contributed by atoms with E-state index in [1.165, 1.54) is 12.1 Å². The van der Waals surface area contributed by atoms with Crippen molar-refractivity contribution in [3.05, 3.63) is 71.4 Å². The van der Waals surface area contributed by atoms with Gasteiger partial charge in [0.1, 0.15) is 5.69 Å². The largest absolute Gasteiger partial charge is 0.478 e. The van der Waals surface area contributed by atoms with Crippen LogP contribution in [0.4, 0.5) is 0 Å². The van der Waals surface area contributed by atoms with Crippen LogP contribution in [0.25, 0.3) is 11.3 Å². The lowest BCUT2D eigenvalue weighted by molar-refractivity contribution is 0.0594. The molecular formula is C24H26N4O4. The van der Waals surface area contributed by atoms with Crippen molar-refractivity contribution >= 4 is 11.9 Å². The molecule has 4 rings (SSSR count). The highest BCUT2D eigenvalue weighted by Gasteiger charge is 2.25. The molecule has 32 heavy (non-hydrogen) atoms. The van der Waals surface area contributed by atoms with Crippen LogP contribution in [0.2, 0.25) is 0 Å². The number of nitrogens with zero attached hydrogens (tertiary/aromatic N) is 3. The predicted octanol–water partition coefficient (Wildman–Crippen LogP) is 3.56. The summed E-state index contributed by atoms with van der Waals surface area (Å²) in [6.07, 6.45) is 1.85. The minimum atomic E-state index is -0.983. The topological polar surface area (TPSA) is 106 Å². The molecule has 0 aliphatic carbocycles. The Hall–Kier alpha value is -3.52. The third kappa shape index (κ3) is 4.86. The molecule has 8 nitrogen and oxygen atoms in total. The SMILES string of the molecule is C[C@H](NC(=O)c1c(-c2ccccc2)nnn1CC1CCOCC1)c1ccc(C(=O)O)cc1. The summed E-state index contributed by atoms with van der Waals surface area (Å²) in [6.45, 7) is 3.90. The lowest BCUT2D eigenvalue weighted by Crippen LogP contribution is -2.31. The first kappa shape index (κ1) is 21.7. The highest BCUT2D eigenvalue weighted by atomic mass is 16.5. The fourth-order valence-corrected chi connectivity index (χ4v) is 3.89. The normalized spacial score (nSPS) is 15.3. The van der Waals surface area contributed by atoms with Crippen molar-refractivity contribution in [1.29, 1.82) is 0 Å². The average Bonchev–Trinajstić information content (AvgIpc) is 3.24. The minimum Gasteiger partial charge on any atom is -0.478 e. The van der Waals surface area contributed by atoms with Gasteiger partial charge in [-0.05, 0) is 43.4 Å². The van der Waals surface area contributed by atoms with Crippen molar-refractivity contribution in [3.8, 4) is 11.3 Å². The molecule has 1 atom stereocenters. The molecule has 3 aromatic rings. The molecule has 0 bridgehead atoms. The van der Waals surface area contributed by atoms with Crippen molar-refractivity contribution < 1.29 is 19.4 Å². The third-order valence-corrected chi connectivity index (χ3v) is 5.77. The molecular weight excluding hydrogens is 408 g/mol. The highest BCUT2D eigenvalue weighted by Crippen LogP contribution is 2.25. The summed E-state index contributed by atoms with van der Waals surface area (Å²) in [5.41, 5.74) is 2.82. The van der Waals surface area contributed by atoms with Crippen LogP contribution >= 0.6 is 0 Å². The first-order valence-corrected chi connectivity index (χ1v) is 10.7. The number of nitrogens with one attached hydrogen (secondary N) is 1. The van der Waals surface area contributed by atoms with E-state index in [0.29, 0.717) is 23.9 Å². The Kier molecular flexibility index (Phi) is 6.61. The lowest BCUT2D eigenvalue weighted by atomic mass is 10.00. The molecule has 0 saturated carbocycles. The van der Waals surface area contributed by atoms with Crippen LogP contribution in [0.5, 0.6) is 0 Å². The van der Waals surface area contributed by atoms with Crippen LogP contribution in [0.1, 0.15) is 52.2 Å². The molecule has 0 unspecified atom stereocenters. The first-order chi connectivity index (χ1) is 15.5. The molecule has 1 aliphatic heterocycles. The smallest absolute Gasteiger partial charge is 0.335 e. The number of benzene rings is 2. The summed E-state index contributed by atoms with van der Waals surface area (Å²) in [7, 11) is 0. The third-order valence-electron chi connectivity index (χ3n) is 5.77. The van der Waals surface area contributed by atoms with E-state index in [4.69, 9.17) is 9.84 Å². The van der Waals surface area contributed by atoms with Gasteiger partial charge in [-0.15, -0.1) is 5.10 Å². The fourth-order valence-electron chi connectivity index (χ4n) is 3.89. The Morgan fingerprint density at radius 1 is 1.12 bits per heavy atom. The number of ether oxygens (including phenoxy) is 1. The number of carbonyl (C=O) groups excluding carboxylic acids is 1. The molecule has 1 aliphatic rings. The maximum Gasteiger partial charge on any atom is 0.335 e. The number of amides is 1. The first-order valence-electron chi connectivity index (χ1n) is 10.7. The second kappa shape index (κ2) is 9.74. The van der Waals surface area contributed by atoms with Crippen molar-refractivity contribution in [1.82, 2.24) is 20.3 Å². The van der Waals surface area contributed by atoms with Crippen LogP contribution in [-0.4, -0.2) is 45.2 Å². The van der Waals surface area contributed by atoms with E-state index in [9.17, 15) is 9.59 Å². The van der Waals surface area contributed by atoms with E-state index in [-0.39, 0.29) is 17.5 Å². The maximum atomic E-state index is 13.4. The van der Waals surface area contributed by atoms with Gasteiger partial charge in [-0.2, -0.15) is 0 Å². The Bertz CT molecular complexity index is 1070. The van der Waals surface area contributed by atoms with Crippen LogP contribution in [-0.2, 0) is 11.3 Å². The van der Waals surface area contributed by atoms with Crippen LogP contribution in [0, 0.1) is 5.92 Å². The van der Waals surface area contributed by atoms with Gasteiger partial charge in [0.2, 0.25) is 0 Å². The Labute approximate surface area is 186 Å². The van der Waals surface area contributed by atoms with Crippen molar-refractivity contribution in [3.63, 3.8) is 0 Å². The number of carboxylic acids is 1. The molecule has 2 heterocycles. The van der Waals surface area contributed by atoms with Crippen molar-refractivity contribution in [2.45, 2.75) is 32.4 Å². The Balaban J connectivity index is 1.59. The zero-order chi connectivity index (χ0) is 22.5. The van der Waals surface area contributed by atoms with Crippen molar-refractivity contribution in [2.75, 3.05) is 13.2 Å². The summed E-state index contributed by atoms with van der Waals surface area (Å²) in [5, 5.41) is 20.8. The number of hydrogen-bond donors (Lipinski definition) is 2. The van der Waals surface area contributed by atoms with E-state index in [1.54, 1.807) is 16.8 Å². The summed E-state index contributed by atoms with van der Waals surface area (Å²) in [5.74, 6) is -0.874. The van der Waals surface area contributed by atoms with Gasteiger partial charge in [0.25, 0.3) is 5.91 Å². The predicted molar refractivity (Wildman–Crippen MR) is 118 cm³/mol. The maximum absolute atomic E-state index is 13.4. The highest BCUT2D eigenvalue weighted by molar-refractivity contribution is 5.98. The number of carboxylic acid groups (broad SMARTS) is 1. The van der Waals surface area contributed by atoms with Gasteiger partial charge in [0, 0.05) is 25.3 Å². The Morgan fingerprint density at radius 2 is 1.81 bits per heavy atom. The zero-order valence-corrected chi connectivity index (χ0v) is 17.9. The lowest BCUT2D eigenvalue weighted by Gasteiger charge is -2.22. The van der Waals surface area contributed by atoms with Gasteiger partial charge < -0.3 is 15.2 Å². The molecule has 1 fully saturated rings. The van der Waals surface area contributed by atoms with Crippen molar-refractivity contribution in [2.24, 2.45) is 5.92 Å². The Morgan fingerprint density at radius 3 is 2.47 bits per heavy atom. The second-order valence-corrected chi connectivity index (χ2v) is 8.01. The summed E-state index contributed by atoms with van der Waals surface area (Å²) in [6, 6.07) is 15.7. The van der Waals surface area contributed by atoms with Gasteiger partial charge in [-0.3, -0.25) is 4.79 Å². The summed E-state index contributed by atoms with van der Waals surface area (Å²) in [4.78, 5) is 24.5. The number of aromatic nitrogens is 3. The summed E-state index contributed by atoms with van der Waals surface area (Å²) < 4.78 is 7.16. The second-order valence-electron chi connectivity index (χ2n) is 8.01. The van der Waals surface area contributed by atoms with Gasteiger partial charge in [-0.1, -0.05) is 47.7 Å². The van der Waals surface area contributed by atoms with E-state index >= 15 is 0 Å². The minimum absolute atomic E-state index is 0.206. The molecule has 1 amide bonds. The molecule has 1 saturated heterocycles. The van der Waals surface area contributed by atoms with E-state index in [1.807, 2.05) is 37.3 Å². The standard InChI is InChI=1S/C24H26N4O4/c1-16(18-7-9-20(10-8-18)24(30)31)25-23(29)22-21(19-5-3-2-4-6-19)26-27-28(22)15-17-11-13-32-14-12-17/h2-10,16-17H,11-15H2,1H3,(H,25,29)(H,30,31)/t16-/m0/s1. The monoisotopic (exact) mass is 434 g/mol. The molecule has 2 aromatic carbocycles.